The van der Waals surface area contributed by atoms with Crippen LogP contribution in [-0.2, 0) is 9.53 Å². The summed E-state index contributed by atoms with van der Waals surface area (Å²) in [5.41, 5.74) is 0.306. The van der Waals surface area contributed by atoms with Crippen molar-refractivity contribution < 1.29 is 23.5 Å². The first-order chi connectivity index (χ1) is 13.3. The van der Waals surface area contributed by atoms with Gasteiger partial charge in [-0.2, -0.15) is 0 Å². The molecule has 1 atom stereocenters. The summed E-state index contributed by atoms with van der Waals surface area (Å²) < 4.78 is 15.9. The smallest absolute Gasteiger partial charge is 0.408 e. The maximum absolute atomic E-state index is 12.7. The minimum atomic E-state index is -0.955. The van der Waals surface area contributed by atoms with Gasteiger partial charge in [-0.1, -0.05) is 25.4 Å². The molecule has 1 heterocycles. The molecular formula is C21H26ClNO6. The largest absolute Gasteiger partial charge is 0.444 e. The topological polar surface area (TPSA) is 94.8 Å². The first-order valence-electron chi connectivity index (χ1n) is 9.25. The first kappa shape index (κ1) is 22.7. The van der Waals surface area contributed by atoms with Gasteiger partial charge in [-0.3, -0.25) is 0 Å². The second kappa shape index (κ2) is 8.45. The Morgan fingerprint density at radius 2 is 1.76 bits per heavy atom. The van der Waals surface area contributed by atoms with Crippen LogP contribution in [0.4, 0.5) is 4.79 Å². The SMILES string of the molecule is Cc1c(C)c2cc(Cl)c(OC(=O)[C@@H](NC(=O)OC(C)(C)C)C(C)C)cc2oc1=O. The average Bonchev–Trinajstić information content (AvgIpc) is 2.57. The molecule has 0 aliphatic rings. The highest BCUT2D eigenvalue weighted by molar-refractivity contribution is 6.33. The number of rotatable bonds is 4. The number of hydrogen-bond donors (Lipinski definition) is 1. The van der Waals surface area contributed by atoms with E-state index in [1.807, 2.05) is 0 Å². The van der Waals surface area contributed by atoms with Crippen LogP contribution in [-0.4, -0.2) is 23.7 Å². The number of alkyl carbamates (subject to hydrolysis) is 1. The lowest BCUT2D eigenvalue weighted by molar-refractivity contribution is -0.137. The third kappa shape index (κ3) is 5.50. The van der Waals surface area contributed by atoms with Crippen LogP contribution in [0.5, 0.6) is 5.75 Å². The number of carbonyl (C=O) groups excluding carboxylic acids is 2. The standard InChI is InChI=1S/C21H26ClNO6/c1-10(2)17(23-20(26)29-21(5,6)7)19(25)28-16-9-15-13(8-14(16)22)11(3)12(4)18(24)27-15/h8-10,17H,1-7H3,(H,23,26)/t17-/m0/s1. The van der Waals surface area contributed by atoms with E-state index >= 15 is 0 Å². The molecule has 7 nitrogen and oxygen atoms in total. The van der Waals surface area contributed by atoms with Crippen molar-refractivity contribution in [3.8, 4) is 5.75 Å². The minimum Gasteiger partial charge on any atom is -0.444 e. The predicted molar refractivity (Wildman–Crippen MR) is 111 cm³/mol. The Balaban J connectivity index is 2.30. The van der Waals surface area contributed by atoms with Crippen LogP contribution in [0.15, 0.2) is 21.3 Å². The van der Waals surface area contributed by atoms with E-state index < -0.39 is 29.3 Å². The molecule has 1 amide bonds. The molecule has 1 N–H and O–H groups in total. The number of esters is 1. The number of ether oxygens (including phenoxy) is 2. The summed E-state index contributed by atoms with van der Waals surface area (Å²) in [6.45, 7) is 12.1. The molecule has 0 fully saturated rings. The zero-order valence-corrected chi connectivity index (χ0v) is 18.4. The zero-order chi connectivity index (χ0) is 22.1. The van der Waals surface area contributed by atoms with Gasteiger partial charge in [0.25, 0.3) is 0 Å². The van der Waals surface area contributed by atoms with Crippen LogP contribution in [0.2, 0.25) is 5.02 Å². The Bertz CT molecular complexity index is 1000. The number of fused-ring (bicyclic) bond motifs is 1. The lowest BCUT2D eigenvalue weighted by Gasteiger charge is -2.24. The molecule has 0 spiro atoms. The molecule has 2 aromatic rings. The molecule has 0 bridgehead atoms. The Morgan fingerprint density at radius 3 is 2.31 bits per heavy atom. The molecule has 158 valence electrons. The van der Waals surface area contributed by atoms with Crippen LogP contribution in [0.1, 0.15) is 45.7 Å². The van der Waals surface area contributed by atoms with Crippen molar-refractivity contribution in [2.45, 2.75) is 60.1 Å². The monoisotopic (exact) mass is 423 g/mol. The average molecular weight is 424 g/mol. The van der Waals surface area contributed by atoms with Gasteiger partial charge < -0.3 is 19.2 Å². The van der Waals surface area contributed by atoms with Gasteiger partial charge in [-0.15, -0.1) is 0 Å². The molecule has 29 heavy (non-hydrogen) atoms. The number of aryl methyl sites for hydroxylation is 1. The minimum absolute atomic E-state index is 0.0345. The number of carbonyl (C=O) groups is 2. The molecule has 8 heteroatoms. The van der Waals surface area contributed by atoms with E-state index in [4.69, 9.17) is 25.5 Å². The highest BCUT2D eigenvalue weighted by atomic mass is 35.5. The number of hydrogen-bond acceptors (Lipinski definition) is 6. The lowest BCUT2D eigenvalue weighted by atomic mass is 10.0. The summed E-state index contributed by atoms with van der Waals surface area (Å²) in [6.07, 6.45) is -0.727. The molecule has 0 radical (unpaired) electrons. The van der Waals surface area contributed by atoms with Crippen molar-refractivity contribution >= 4 is 34.6 Å². The van der Waals surface area contributed by atoms with Crippen LogP contribution < -0.4 is 15.7 Å². The summed E-state index contributed by atoms with van der Waals surface area (Å²) in [5, 5.41) is 3.36. The fourth-order valence-corrected chi connectivity index (χ4v) is 2.83. The highest BCUT2D eigenvalue weighted by Crippen LogP contribution is 2.32. The van der Waals surface area contributed by atoms with E-state index in [-0.39, 0.29) is 22.3 Å². The quantitative estimate of drug-likeness (QED) is 0.441. The van der Waals surface area contributed by atoms with E-state index in [1.54, 1.807) is 54.5 Å². The maximum atomic E-state index is 12.7. The number of nitrogens with one attached hydrogen (secondary N) is 1. The molecule has 2 rings (SSSR count). The molecule has 0 aliphatic heterocycles. The molecule has 1 aromatic heterocycles. The zero-order valence-electron chi connectivity index (χ0n) is 17.6. The summed E-state index contributed by atoms with van der Waals surface area (Å²) >= 11 is 6.28. The van der Waals surface area contributed by atoms with Crippen molar-refractivity contribution in [2.75, 3.05) is 0 Å². The van der Waals surface area contributed by atoms with Gasteiger partial charge in [0.2, 0.25) is 0 Å². The molecular weight excluding hydrogens is 398 g/mol. The third-order valence-electron chi connectivity index (χ3n) is 4.31. The molecule has 0 saturated heterocycles. The Morgan fingerprint density at radius 1 is 1.14 bits per heavy atom. The first-order valence-corrected chi connectivity index (χ1v) is 9.62. The normalized spacial score (nSPS) is 12.7. The number of halogens is 1. The van der Waals surface area contributed by atoms with Crippen LogP contribution in [0.25, 0.3) is 11.0 Å². The molecule has 0 unspecified atom stereocenters. The van der Waals surface area contributed by atoms with Gasteiger partial charge in [-0.25, -0.2) is 14.4 Å². The van der Waals surface area contributed by atoms with Crippen molar-refractivity contribution in [3.05, 3.63) is 38.7 Å². The van der Waals surface area contributed by atoms with E-state index in [0.717, 1.165) is 5.56 Å². The fourth-order valence-electron chi connectivity index (χ4n) is 2.63. The summed E-state index contributed by atoms with van der Waals surface area (Å²) in [4.78, 5) is 36.7. The second-order valence-corrected chi connectivity index (χ2v) is 8.61. The number of benzene rings is 1. The number of amides is 1. The molecule has 0 aliphatic carbocycles. The summed E-state index contributed by atoms with van der Waals surface area (Å²) in [7, 11) is 0. The molecule has 0 saturated carbocycles. The third-order valence-corrected chi connectivity index (χ3v) is 4.61. The van der Waals surface area contributed by atoms with Crippen LogP contribution in [0.3, 0.4) is 0 Å². The Labute approximate surface area is 174 Å². The van der Waals surface area contributed by atoms with E-state index in [2.05, 4.69) is 5.32 Å². The highest BCUT2D eigenvalue weighted by Gasteiger charge is 2.29. The Kier molecular flexibility index (Phi) is 6.63. The summed E-state index contributed by atoms with van der Waals surface area (Å²) in [5.74, 6) is -0.942. The van der Waals surface area contributed by atoms with E-state index in [1.165, 1.54) is 6.07 Å². The Hall–Kier alpha value is -2.54. The second-order valence-electron chi connectivity index (χ2n) is 8.21. The van der Waals surface area contributed by atoms with Crippen LogP contribution >= 0.6 is 11.6 Å². The van der Waals surface area contributed by atoms with Crippen molar-refractivity contribution in [2.24, 2.45) is 5.92 Å². The van der Waals surface area contributed by atoms with E-state index in [0.29, 0.717) is 10.9 Å². The van der Waals surface area contributed by atoms with Gasteiger partial charge in [0, 0.05) is 17.0 Å². The molecule has 1 aromatic carbocycles. The van der Waals surface area contributed by atoms with E-state index in [9.17, 15) is 14.4 Å². The summed E-state index contributed by atoms with van der Waals surface area (Å²) in [6, 6.07) is 2.02. The van der Waals surface area contributed by atoms with Gasteiger partial charge in [-0.05, 0) is 52.2 Å². The maximum Gasteiger partial charge on any atom is 0.408 e. The lowest BCUT2D eigenvalue weighted by Crippen LogP contribution is -2.48. The van der Waals surface area contributed by atoms with Gasteiger partial charge in [0.05, 0.1) is 5.02 Å². The predicted octanol–water partition coefficient (Wildman–Crippen LogP) is 4.52. The van der Waals surface area contributed by atoms with Crippen molar-refractivity contribution in [1.82, 2.24) is 5.32 Å². The van der Waals surface area contributed by atoms with Gasteiger partial charge >= 0.3 is 17.7 Å². The van der Waals surface area contributed by atoms with Crippen molar-refractivity contribution in [1.29, 1.82) is 0 Å². The van der Waals surface area contributed by atoms with Gasteiger partial charge in [0.1, 0.15) is 17.2 Å². The van der Waals surface area contributed by atoms with Gasteiger partial charge in [0.15, 0.2) is 5.75 Å². The fraction of sp³-hybridized carbons (Fsp3) is 0.476. The van der Waals surface area contributed by atoms with Crippen molar-refractivity contribution in [3.63, 3.8) is 0 Å². The van der Waals surface area contributed by atoms with Crippen LogP contribution in [0, 0.1) is 19.8 Å².